The van der Waals surface area contributed by atoms with Crippen molar-refractivity contribution in [2.75, 3.05) is 5.01 Å². The predicted octanol–water partition coefficient (Wildman–Crippen LogP) is 4.47. The second kappa shape index (κ2) is 6.48. The lowest BCUT2D eigenvalue weighted by Gasteiger charge is -2.12. The molecule has 2 aromatic rings. The summed E-state index contributed by atoms with van der Waals surface area (Å²) in [5.74, 6) is -0.297. The second-order valence-electron chi connectivity index (χ2n) is 6.22. The number of aryl methyl sites for hydroxylation is 1. The van der Waals surface area contributed by atoms with Crippen LogP contribution in [-0.2, 0) is 11.3 Å². The smallest absolute Gasteiger partial charge is 0.340 e. The fraction of sp³-hybridized carbons (Fsp3) is 0.263. The van der Waals surface area contributed by atoms with Gasteiger partial charge in [-0.1, -0.05) is 18.2 Å². The average molecular weight is 361 g/mol. The van der Waals surface area contributed by atoms with Crippen LogP contribution < -0.4 is 5.01 Å². The number of nitrogens with zero attached hydrogens (tertiary/aromatic N) is 3. The second-order valence-corrected chi connectivity index (χ2v) is 6.22. The van der Waals surface area contributed by atoms with Gasteiger partial charge in [0, 0.05) is 11.4 Å². The highest BCUT2D eigenvalue weighted by atomic mass is 19.4. The first kappa shape index (κ1) is 18.0. The van der Waals surface area contributed by atoms with Crippen LogP contribution in [0.4, 0.5) is 18.9 Å². The van der Waals surface area contributed by atoms with Crippen molar-refractivity contribution in [1.82, 2.24) is 4.57 Å². The van der Waals surface area contributed by atoms with Crippen LogP contribution in [0.25, 0.3) is 6.08 Å². The third kappa shape index (κ3) is 3.42. The number of aromatic nitrogens is 1. The maximum atomic E-state index is 12.8. The number of hydrazone groups is 1. The predicted molar refractivity (Wildman–Crippen MR) is 95.0 cm³/mol. The van der Waals surface area contributed by atoms with Gasteiger partial charge in [0.25, 0.3) is 5.91 Å². The normalized spacial score (nSPS) is 16.5. The molecule has 0 N–H and O–H groups in total. The molecule has 0 bridgehead atoms. The summed E-state index contributed by atoms with van der Waals surface area (Å²) in [5.41, 5.74) is 3.08. The Hall–Kier alpha value is -2.83. The molecule has 1 aromatic carbocycles. The molecule has 2 heterocycles. The van der Waals surface area contributed by atoms with E-state index in [4.69, 9.17) is 0 Å². The van der Waals surface area contributed by atoms with E-state index in [-0.39, 0.29) is 5.91 Å². The molecule has 0 atom stereocenters. The zero-order chi connectivity index (χ0) is 19.1. The first-order valence-electron chi connectivity index (χ1n) is 8.07. The Morgan fingerprint density at radius 1 is 1.12 bits per heavy atom. The molecule has 0 aliphatic carbocycles. The minimum absolute atomic E-state index is 0.297. The van der Waals surface area contributed by atoms with Crippen molar-refractivity contribution in [1.29, 1.82) is 0 Å². The molecule has 0 spiro atoms. The van der Waals surface area contributed by atoms with E-state index in [9.17, 15) is 18.0 Å². The third-order valence-electron chi connectivity index (χ3n) is 4.31. The molecule has 0 unspecified atom stereocenters. The topological polar surface area (TPSA) is 37.6 Å². The van der Waals surface area contributed by atoms with Gasteiger partial charge in [0.05, 0.1) is 17.0 Å². The van der Waals surface area contributed by atoms with E-state index < -0.39 is 12.7 Å². The average Bonchev–Trinajstić information content (AvgIpc) is 2.99. The first-order valence-corrected chi connectivity index (χ1v) is 8.07. The molecule has 3 rings (SSSR count). The lowest BCUT2D eigenvalue weighted by molar-refractivity contribution is -0.141. The molecule has 0 saturated carbocycles. The summed E-state index contributed by atoms with van der Waals surface area (Å²) in [4.78, 5) is 12.7. The molecule has 0 saturated heterocycles. The molecule has 0 fully saturated rings. The number of benzene rings is 1. The molecular formula is C19H18F3N3O. The fourth-order valence-electron chi connectivity index (χ4n) is 2.98. The zero-order valence-corrected chi connectivity index (χ0v) is 14.6. The monoisotopic (exact) mass is 361 g/mol. The van der Waals surface area contributed by atoms with Gasteiger partial charge in [0.15, 0.2) is 0 Å². The van der Waals surface area contributed by atoms with E-state index >= 15 is 0 Å². The van der Waals surface area contributed by atoms with E-state index in [2.05, 4.69) is 5.10 Å². The highest BCUT2D eigenvalue weighted by Gasteiger charge is 2.31. The molecule has 1 aromatic heterocycles. The maximum Gasteiger partial charge on any atom is 0.406 e. The van der Waals surface area contributed by atoms with E-state index in [0.717, 1.165) is 0 Å². The Kier molecular flexibility index (Phi) is 4.48. The van der Waals surface area contributed by atoms with Gasteiger partial charge < -0.3 is 4.57 Å². The number of rotatable bonds is 3. The van der Waals surface area contributed by atoms with Gasteiger partial charge in [0.2, 0.25) is 0 Å². The van der Waals surface area contributed by atoms with Crippen LogP contribution in [0.3, 0.4) is 0 Å². The largest absolute Gasteiger partial charge is 0.406 e. The standard InChI is InChI=1S/C19H18F3N3O/c1-12-9-15(14(3)24(12)11-19(20,21)22)10-17-13(2)23-25(18(17)26)16-7-5-4-6-8-16/h4-10H,11H2,1-3H3. The Morgan fingerprint density at radius 3 is 2.38 bits per heavy atom. The van der Waals surface area contributed by atoms with Gasteiger partial charge in [-0.3, -0.25) is 4.79 Å². The molecule has 0 radical (unpaired) electrons. The third-order valence-corrected chi connectivity index (χ3v) is 4.31. The van der Waals surface area contributed by atoms with Gasteiger partial charge >= 0.3 is 6.18 Å². The molecule has 136 valence electrons. The number of carbonyl (C=O) groups excluding carboxylic acids is 1. The number of alkyl halides is 3. The number of hydrogen-bond donors (Lipinski definition) is 0. The van der Waals surface area contributed by atoms with Crippen LogP contribution in [0.15, 0.2) is 47.1 Å². The molecule has 26 heavy (non-hydrogen) atoms. The number of amides is 1. The van der Waals surface area contributed by atoms with Gasteiger partial charge in [-0.15, -0.1) is 0 Å². The molecule has 4 nitrogen and oxygen atoms in total. The lowest BCUT2D eigenvalue weighted by Crippen LogP contribution is -2.21. The summed E-state index contributed by atoms with van der Waals surface area (Å²) in [7, 11) is 0. The van der Waals surface area contributed by atoms with Crippen molar-refractivity contribution >= 4 is 23.4 Å². The minimum atomic E-state index is -4.30. The molecular weight excluding hydrogens is 343 g/mol. The van der Waals surface area contributed by atoms with Crippen LogP contribution in [0.5, 0.6) is 0 Å². The van der Waals surface area contributed by atoms with Gasteiger partial charge in [-0.05, 0) is 50.6 Å². The highest BCUT2D eigenvalue weighted by Crippen LogP contribution is 2.28. The van der Waals surface area contributed by atoms with Gasteiger partial charge in [-0.25, -0.2) is 0 Å². The minimum Gasteiger partial charge on any atom is -0.340 e. The summed E-state index contributed by atoms with van der Waals surface area (Å²) < 4.78 is 39.5. The number of para-hydroxylation sites is 1. The van der Waals surface area contributed by atoms with E-state index in [1.165, 1.54) is 9.58 Å². The summed E-state index contributed by atoms with van der Waals surface area (Å²) in [6.07, 6.45) is -2.69. The molecule has 7 heteroatoms. The summed E-state index contributed by atoms with van der Waals surface area (Å²) in [6.45, 7) is 3.90. The Bertz CT molecular complexity index is 908. The number of hydrogen-bond acceptors (Lipinski definition) is 2. The maximum absolute atomic E-state index is 12.8. The van der Waals surface area contributed by atoms with Gasteiger partial charge in [0.1, 0.15) is 6.54 Å². The number of anilines is 1. The number of carbonyl (C=O) groups is 1. The molecule has 1 aliphatic rings. The van der Waals surface area contributed by atoms with Crippen molar-refractivity contribution in [2.45, 2.75) is 33.5 Å². The fourth-order valence-corrected chi connectivity index (χ4v) is 2.98. The van der Waals surface area contributed by atoms with Crippen molar-refractivity contribution in [3.05, 3.63) is 58.9 Å². The van der Waals surface area contributed by atoms with Crippen LogP contribution in [0.1, 0.15) is 23.9 Å². The molecule has 1 aliphatic heterocycles. The Labute approximate surface area is 149 Å². The van der Waals surface area contributed by atoms with Crippen molar-refractivity contribution in [3.8, 4) is 0 Å². The van der Waals surface area contributed by atoms with Crippen LogP contribution >= 0.6 is 0 Å². The summed E-state index contributed by atoms with van der Waals surface area (Å²) in [6, 6.07) is 10.6. The summed E-state index contributed by atoms with van der Waals surface area (Å²) >= 11 is 0. The van der Waals surface area contributed by atoms with Gasteiger partial charge in [-0.2, -0.15) is 23.3 Å². The van der Waals surface area contributed by atoms with Crippen molar-refractivity contribution in [3.63, 3.8) is 0 Å². The van der Waals surface area contributed by atoms with Crippen LogP contribution in [0.2, 0.25) is 0 Å². The first-order chi connectivity index (χ1) is 12.2. The van der Waals surface area contributed by atoms with E-state index in [1.807, 2.05) is 6.07 Å². The van der Waals surface area contributed by atoms with Crippen molar-refractivity contribution < 1.29 is 18.0 Å². The quantitative estimate of drug-likeness (QED) is 0.743. The molecule has 1 amide bonds. The lowest BCUT2D eigenvalue weighted by atomic mass is 10.1. The SMILES string of the molecule is CC1=NN(c2ccccc2)C(=O)C1=Cc1cc(C)n(CC(F)(F)F)c1C. The summed E-state index contributed by atoms with van der Waals surface area (Å²) in [5, 5.41) is 5.58. The number of halogens is 3. The van der Waals surface area contributed by atoms with Crippen molar-refractivity contribution in [2.24, 2.45) is 5.10 Å². The van der Waals surface area contributed by atoms with Crippen LogP contribution in [0, 0.1) is 13.8 Å². The van der Waals surface area contributed by atoms with Crippen LogP contribution in [-0.4, -0.2) is 22.4 Å². The zero-order valence-electron chi connectivity index (χ0n) is 14.6. The highest BCUT2D eigenvalue weighted by molar-refractivity contribution is 6.32. The Balaban J connectivity index is 1.95. The van der Waals surface area contributed by atoms with E-state index in [1.54, 1.807) is 57.2 Å². The van der Waals surface area contributed by atoms with E-state index in [0.29, 0.717) is 33.9 Å². The Morgan fingerprint density at radius 2 is 1.77 bits per heavy atom.